The third-order valence-electron chi connectivity index (χ3n) is 7.15. The van der Waals surface area contributed by atoms with Gasteiger partial charge in [-0.05, 0) is 68.0 Å². The first-order valence-corrected chi connectivity index (χ1v) is 12.0. The van der Waals surface area contributed by atoms with E-state index in [0.717, 1.165) is 69.8 Å². The Kier molecular flexibility index (Phi) is 5.20. The molecule has 6 rings (SSSR count). The molecule has 0 aliphatic heterocycles. The second-order valence-corrected chi connectivity index (χ2v) is 9.33. The zero-order chi connectivity index (χ0) is 24.1. The van der Waals surface area contributed by atoms with E-state index in [2.05, 4.69) is 10.3 Å². The summed E-state index contributed by atoms with van der Waals surface area (Å²) in [5.74, 6) is 0.473. The van der Waals surface area contributed by atoms with Crippen LogP contribution >= 0.6 is 0 Å². The number of carbonyl (C=O) groups excluding carboxylic acids is 1. The van der Waals surface area contributed by atoms with Gasteiger partial charge in [-0.25, -0.2) is 9.18 Å². The lowest BCUT2D eigenvalue weighted by molar-refractivity contribution is -0.120. The third-order valence-corrected chi connectivity index (χ3v) is 7.15. The Balaban J connectivity index is 1.22. The molecule has 3 heterocycles. The first kappa shape index (κ1) is 21.6. The second-order valence-electron chi connectivity index (χ2n) is 9.33. The minimum absolute atomic E-state index is 0.0614. The Hall–Kier alpha value is -3.87. The Morgan fingerprint density at radius 3 is 2.77 bits per heavy atom. The number of H-pyrrole nitrogens is 1. The van der Waals surface area contributed by atoms with Crippen LogP contribution in [0, 0.1) is 12.7 Å². The summed E-state index contributed by atoms with van der Waals surface area (Å²) in [6, 6.07) is 8.43. The van der Waals surface area contributed by atoms with Gasteiger partial charge in [0.25, 0.3) is 0 Å². The van der Waals surface area contributed by atoms with Gasteiger partial charge in [0.15, 0.2) is 0 Å². The summed E-state index contributed by atoms with van der Waals surface area (Å²) in [4.78, 5) is 28.5. The van der Waals surface area contributed by atoms with E-state index < -0.39 is 5.63 Å². The van der Waals surface area contributed by atoms with Gasteiger partial charge >= 0.3 is 5.63 Å². The number of carbonyl (C=O) groups is 1. The average molecular weight is 473 g/mol. The van der Waals surface area contributed by atoms with Crippen LogP contribution in [0.2, 0.25) is 0 Å². The predicted octanol–water partition coefficient (Wildman–Crippen LogP) is 5.25. The Morgan fingerprint density at radius 1 is 1.06 bits per heavy atom. The van der Waals surface area contributed by atoms with Gasteiger partial charge < -0.3 is 19.1 Å². The molecule has 1 aliphatic rings. The summed E-state index contributed by atoms with van der Waals surface area (Å²) >= 11 is 0. The van der Waals surface area contributed by atoms with Gasteiger partial charge in [-0.3, -0.25) is 4.79 Å². The lowest BCUT2D eigenvalue weighted by Gasteiger charge is -2.10. The van der Waals surface area contributed by atoms with Gasteiger partial charge in [-0.1, -0.05) is 0 Å². The third kappa shape index (κ3) is 3.81. The summed E-state index contributed by atoms with van der Waals surface area (Å²) < 4.78 is 25.2. The molecule has 5 aromatic rings. The summed E-state index contributed by atoms with van der Waals surface area (Å²) in [6.45, 7) is 2.24. The van der Waals surface area contributed by atoms with Crippen LogP contribution in [-0.2, 0) is 30.5 Å². The molecule has 2 N–H and O–H groups in total. The van der Waals surface area contributed by atoms with Crippen molar-refractivity contribution < 1.29 is 18.0 Å². The molecule has 6 nitrogen and oxygen atoms in total. The van der Waals surface area contributed by atoms with E-state index in [0.29, 0.717) is 24.1 Å². The fraction of sp³-hybridized carbons (Fsp3) is 0.286. The molecule has 0 spiro atoms. The zero-order valence-corrected chi connectivity index (χ0v) is 19.4. The highest BCUT2D eigenvalue weighted by atomic mass is 19.1. The number of rotatable bonds is 5. The number of fused-ring (bicyclic) bond motifs is 5. The predicted molar refractivity (Wildman–Crippen MR) is 132 cm³/mol. The summed E-state index contributed by atoms with van der Waals surface area (Å²) in [5.41, 5.74) is 4.85. The van der Waals surface area contributed by atoms with Crippen LogP contribution in [0.15, 0.2) is 50.2 Å². The van der Waals surface area contributed by atoms with Crippen molar-refractivity contribution in [2.45, 2.75) is 45.4 Å². The lowest BCUT2D eigenvalue weighted by atomic mass is 9.94. The number of aromatic amines is 1. The summed E-state index contributed by atoms with van der Waals surface area (Å²) in [7, 11) is 0. The van der Waals surface area contributed by atoms with Gasteiger partial charge in [0.05, 0.1) is 12.0 Å². The molecule has 0 unspecified atom stereocenters. The van der Waals surface area contributed by atoms with E-state index >= 15 is 0 Å². The monoisotopic (exact) mass is 472 g/mol. The fourth-order valence-electron chi connectivity index (χ4n) is 5.27. The van der Waals surface area contributed by atoms with Crippen LogP contribution in [0.4, 0.5) is 4.39 Å². The minimum Gasteiger partial charge on any atom is -0.461 e. The molecule has 0 saturated heterocycles. The van der Waals surface area contributed by atoms with Crippen molar-refractivity contribution >= 4 is 38.7 Å². The highest BCUT2D eigenvalue weighted by Gasteiger charge is 2.21. The maximum Gasteiger partial charge on any atom is 0.340 e. The fourth-order valence-corrected chi connectivity index (χ4v) is 5.27. The Labute approximate surface area is 200 Å². The number of hydrogen-bond donors (Lipinski definition) is 2. The average Bonchev–Trinajstić information content (AvgIpc) is 3.41. The molecule has 2 aromatic carbocycles. The van der Waals surface area contributed by atoms with Crippen LogP contribution in [0.25, 0.3) is 32.8 Å². The largest absolute Gasteiger partial charge is 0.461 e. The number of furan rings is 1. The van der Waals surface area contributed by atoms with Crippen molar-refractivity contribution in [1.29, 1.82) is 0 Å². The van der Waals surface area contributed by atoms with E-state index in [1.165, 1.54) is 17.7 Å². The van der Waals surface area contributed by atoms with Crippen LogP contribution in [0.1, 0.15) is 40.9 Å². The molecule has 3 aromatic heterocycles. The van der Waals surface area contributed by atoms with E-state index in [9.17, 15) is 14.0 Å². The van der Waals surface area contributed by atoms with Crippen LogP contribution in [-0.4, -0.2) is 17.4 Å². The summed E-state index contributed by atoms with van der Waals surface area (Å²) in [6.07, 6.45) is 6.49. The Morgan fingerprint density at radius 2 is 1.89 bits per heavy atom. The molecule has 35 heavy (non-hydrogen) atoms. The van der Waals surface area contributed by atoms with Crippen molar-refractivity contribution in [2.24, 2.45) is 0 Å². The Bertz CT molecular complexity index is 1670. The van der Waals surface area contributed by atoms with Crippen molar-refractivity contribution in [3.8, 4) is 0 Å². The maximum atomic E-state index is 13.6. The molecule has 0 bridgehead atoms. The van der Waals surface area contributed by atoms with Gasteiger partial charge in [0, 0.05) is 52.5 Å². The first-order valence-electron chi connectivity index (χ1n) is 12.0. The number of halogens is 1. The molecular formula is C28H25FN2O4. The smallest absolute Gasteiger partial charge is 0.340 e. The van der Waals surface area contributed by atoms with Crippen molar-refractivity contribution in [3.05, 3.63) is 80.8 Å². The lowest BCUT2D eigenvalue weighted by Crippen LogP contribution is -2.29. The molecule has 7 heteroatoms. The number of aromatic nitrogens is 1. The molecule has 1 amide bonds. The molecule has 0 radical (unpaired) electrons. The highest BCUT2D eigenvalue weighted by Crippen LogP contribution is 2.35. The highest BCUT2D eigenvalue weighted by molar-refractivity contribution is 5.97. The molecule has 0 atom stereocenters. The second kappa shape index (κ2) is 8.41. The van der Waals surface area contributed by atoms with Crippen LogP contribution < -0.4 is 10.9 Å². The molecular weight excluding hydrogens is 447 g/mol. The summed E-state index contributed by atoms with van der Waals surface area (Å²) in [5, 5.41) is 5.57. The SMILES string of the molecule is Cc1c(CC(=O)NCCc2c[nH]c3ccc(F)cc23)c(=O)oc2cc3oc4c(c3cc12)CCCC4. The van der Waals surface area contributed by atoms with E-state index in [-0.39, 0.29) is 18.1 Å². The van der Waals surface area contributed by atoms with Crippen LogP contribution in [0.3, 0.4) is 0 Å². The topological polar surface area (TPSA) is 88.2 Å². The van der Waals surface area contributed by atoms with Crippen molar-refractivity contribution in [2.75, 3.05) is 6.54 Å². The zero-order valence-electron chi connectivity index (χ0n) is 19.4. The molecule has 0 fully saturated rings. The van der Waals surface area contributed by atoms with Crippen LogP contribution in [0.5, 0.6) is 0 Å². The molecule has 178 valence electrons. The van der Waals surface area contributed by atoms with Gasteiger partial charge in [-0.15, -0.1) is 0 Å². The number of hydrogen-bond acceptors (Lipinski definition) is 4. The van der Waals surface area contributed by atoms with Crippen molar-refractivity contribution in [3.63, 3.8) is 0 Å². The van der Waals surface area contributed by atoms with E-state index in [1.807, 2.05) is 19.2 Å². The van der Waals surface area contributed by atoms with Gasteiger partial charge in [-0.2, -0.15) is 0 Å². The molecule has 0 saturated carbocycles. The van der Waals surface area contributed by atoms with Gasteiger partial charge in [0.1, 0.15) is 22.7 Å². The molecule has 1 aliphatic carbocycles. The minimum atomic E-state index is -0.507. The van der Waals surface area contributed by atoms with E-state index in [1.54, 1.807) is 12.1 Å². The number of amides is 1. The first-order chi connectivity index (χ1) is 17.0. The van der Waals surface area contributed by atoms with Gasteiger partial charge in [0.2, 0.25) is 5.91 Å². The number of nitrogens with one attached hydrogen (secondary N) is 2. The quantitative estimate of drug-likeness (QED) is 0.342. The van der Waals surface area contributed by atoms with Crippen molar-refractivity contribution in [1.82, 2.24) is 10.3 Å². The maximum absolute atomic E-state index is 13.6. The van der Waals surface area contributed by atoms with E-state index in [4.69, 9.17) is 8.83 Å². The normalized spacial score (nSPS) is 13.5. The standard InChI is InChI=1S/C28H25FN2O4/c1-15-19-11-22-18-4-2-3-5-24(18)34-26(22)13-25(19)35-28(33)20(15)12-27(32)30-9-8-16-14-31-23-7-6-17(29)10-21(16)23/h6-7,10-11,13-14,31H,2-5,8-9,12H2,1H3,(H,30,32). The number of benzene rings is 2. The number of aryl methyl sites for hydroxylation is 3.